The second-order valence-corrected chi connectivity index (χ2v) is 8.51. The van der Waals surface area contributed by atoms with E-state index in [1.165, 1.54) is 5.19 Å². The van der Waals surface area contributed by atoms with E-state index in [1.807, 2.05) is 18.5 Å². The minimum Gasteiger partial charge on any atom is -0.331 e. The molecule has 1 rings (SSSR count). The van der Waals surface area contributed by atoms with Crippen LogP contribution in [-0.4, -0.2) is 19.6 Å². The molecule has 1 aromatic rings. The van der Waals surface area contributed by atoms with Crippen molar-refractivity contribution in [3.63, 3.8) is 0 Å². The fourth-order valence-corrected chi connectivity index (χ4v) is 3.25. The Kier molecular flexibility index (Phi) is 3.00. The lowest BCUT2D eigenvalue weighted by Crippen LogP contribution is -2.42. The van der Waals surface area contributed by atoms with Crippen molar-refractivity contribution in [3.8, 4) is 0 Å². The first-order chi connectivity index (χ1) is 5.67. The summed E-state index contributed by atoms with van der Waals surface area (Å²) in [6, 6.07) is 5.30. The molecule has 12 heavy (non-hydrogen) atoms. The summed E-state index contributed by atoms with van der Waals surface area (Å²) in [7, 11) is -1.27. The van der Waals surface area contributed by atoms with Gasteiger partial charge < -0.3 is 5.73 Å². The molecule has 1 aromatic heterocycles. The second kappa shape index (κ2) is 3.82. The van der Waals surface area contributed by atoms with Crippen LogP contribution in [0.3, 0.4) is 0 Å². The molecular formula is C9H16N2Si. The average Bonchev–Trinajstić information content (AvgIpc) is 2.06. The lowest BCUT2D eigenvalue weighted by Gasteiger charge is -2.21. The molecule has 0 spiro atoms. The Hall–Kier alpha value is -0.673. The van der Waals surface area contributed by atoms with Crippen molar-refractivity contribution in [1.29, 1.82) is 0 Å². The highest BCUT2D eigenvalue weighted by Crippen LogP contribution is 2.06. The topological polar surface area (TPSA) is 38.9 Å². The molecule has 0 aliphatic carbocycles. The van der Waals surface area contributed by atoms with Gasteiger partial charge in [0.05, 0.1) is 8.07 Å². The van der Waals surface area contributed by atoms with Crippen LogP contribution in [0.2, 0.25) is 19.1 Å². The van der Waals surface area contributed by atoms with Crippen LogP contribution in [-0.2, 0) is 0 Å². The van der Waals surface area contributed by atoms with Crippen molar-refractivity contribution >= 4 is 13.3 Å². The summed E-state index contributed by atoms with van der Waals surface area (Å²) in [5.74, 6) is 0. The van der Waals surface area contributed by atoms with E-state index in [9.17, 15) is 0 Å². The van der Waals surface area contributed by atoms with Gasteiger partial charge in [0, 0.05) is 12.4 Å². The zero-order valence-electron chi connectivity index (χ0n) is 7.75. The predicted octanol–water partition coefficient (Wildman–Crippen LogP) is 0.956. The van der Waals surface area contributed by atoms with Crippen LogP contribution in [0.5, 0.6) is 0 Å². The van der Waals surface area contributed by atoms with Crippen LogP contribution in [0.4, 0.5) is 0 Å². The van der Waals surface area contributed by atoms with Crippen LogP contribution in [0.1, 0.15) is 0 Å². The van der Waals surface area contributed by atoms with E-state index in [-0.39, 0.29) is 0 Å². The van der Waals surface area contributed by atoms with E-state index in [0.717, 1.165) is 12.6 Å². The Morgan fingerprint density at radius 2 is 2.25 bits per heavy atom. The van der Waals surface area contributed by atoms with Gasteiger partial charge in [-0.25, -0.2) is 0 Å². The number of pyridine rings is 1. The molecule has 2 nitrogen and oxygen atoms in total. The van der Waals surface area contributed by atoms with Crippen molar-refractivity contribution in [2.45, 2.75) is 19.1 Å². The van der Waals surface area contributed by atoms with Gasteiger partial charge in [0.1, 0.15) is 0 Å². The van der Waals surface area contributed by atoms with E-state index in [4.69, 9.17) is 5.73 Å². The molecular weight excluding hydrogens is 164 g/mol. The number of nitrogens with zero attached hydrogens (tertiary/aromatic N) is 1. The van der Waals surface area contributed by atoms with Crippen LogP contribution in [0.15, 0.2) is 24.5 Å². The molecule has 0 saturated heterocycles. The molecule has 2 N–H and O–H groups in total. The zero-order valence-corrected chi connectivity index (χ0v) is 8.75. The number of hydrogen-bond donors (Lipinski definition) is 1. The molecule has 0 amide bonds. The van der Waals surface area contributed by atoms with Crippen molar-refractivity contribution in [1.82, 2.24) is 4.98 Å². The normalized spacial score (nSPS) is 11.6. The first-order valence-electron chi connectivity index (χ1n) is 4.27. The molecule has 0 aliphatic rings. The van der Waals surface area contributed by atoms with Gasteiger partial charge in [-0.05, 0) is 23.8 Å². The van der Waals surface area contributed by atoms with Crippen LogP contribution >= 0.6 is 0 Å². The lowest BCUT2D eigenvalue weighted by atomic mass is 10.5. The Bertz CT molecular complexity index is 234. The number of hydrogen-bond acceptors (Lipinski definition) is 2. The molecule has 0 atom stereocenters. The first-order valence-corrected chi connectivity index (χ1v) is 7.48. The molecule has 0 aliphatic heterocycles. The van der Waals surface area contributed by atoms with Gasteiger partial charge >= 0.3 is 0 Å². The summed E-state index contributed by atoms with van der Waals surface area (Å²) in [5.41, 5.74) is 5.57. The highest BCUT2D eigenvalue weighted by molar-refractivity contribution is 6.89. The maximum absolute atomic E-state index is 5.57. The van der Waals surface area contributed by atoms with E-state index >= 15 is 0 Å². The Morgan fingerprint density at radius 3 is 2.75 bits per heavy atom. The van der Waals surface area contributed by atoms with Gasteiger partial charge in [-0.15, -0.1) is 0 Å². The highest BCUT2D eigenvalue weighted by Gasteiger charge is 2.21. The lowest BCUT2D eigenvalue weighted by molar-refractivity contribution is 1.10. The summed E-state index contributed by atoms with van der Waals surface area (Å²) in [5, 5.41) is 1.40. The third-order valence-electron chi connectivity index (χ3n) is 2.21. The van der Waals surface area contributed by atoms with Crippen LogP contribution in [0, 0.1) is 0 Å². The van der Waals surface area contributed by atoms with E-state index in [2.05, 4.69) is 24.1 Å². The monoisotopic (exact) mass is 180 g/mol. The SMILES string of the molecule is C[Si](C)(CCN)c1cccnc1. The third kappa shape index (κ3) is 2.15. The van der Waals surface area contributed by atoms with E-state index in [1.54, 1.807) is 0 Å². The van der Waals surface area contributed by atoms with Gasteiger partial charge in [-0.3, -0.25) is 4.98 Å². The molecule has 0 radical (unpaired) electrons. The molecule has 0 unspecified atom stereocenters. The summed E-state index contributed by atoms with van der Waals surface area (Å²) in [6.45, 7) is 5.45. The van der Waals surface area contributed by atoms with Gasteiger partial charge in [-0.1, -0.05) is 19.2 Å². The Morgan fingerprint density at radius 1 is 1.50 bits per heavy atom. The smallest absolute Gasteiger partial charge is 0.0838 e. The molecule has 1 heterocycles. The summed E-state index contributed by atoms with van der Waals surface area (Å²) >= 11 is 0. The van der Waals surface area contributed by atoms with Gasteiger partial charge in [-0.2, -0.15) is 0 Å². The van der Waals surface area contributed by atoms with E-state index in [0.29, 0.717) is 0 Å². The third-order valence-corrected chi connectivity index (χ3v) is 5.61. The number of rotatable bonds is 3. The average molecular weight is 180 g/mol. The largest absolute Gasteiger partial charge is 0.331 e. The second-order valence-electron chi connectivity index (χ2n) is 3.66. The minimum absolute atomic E-state index is 0.786. The fraction of sp³-hybridized carbons (Fsp3) is 0.444. The van der Waals surface area contributed by atoms with Crippen molar-refractivity contribution in [2.24, 2.45) is 5.73 Å². The van der Waals surface area contributed by atoms with Gasteiger partial charge in [0.25, 0.3) is 0 Å². The summed E-state index contributed by atoms with van der Waals surface area (Å²) in [4.78, 5) is 4.13. The number of aromatic nitrogens is 1. The van der Waals surface area contributed by atoms with Crippen molar-refractivity contribution in [2.75, 3.05) is 6.54 Å². The molecule has 0 saturated carbocycles. The van der Waals surface area contributed by atoms with Gasteiger partial charge in [0.2, 0.25) is 0 Å². The van der Waals surface area contributed by atoms with Crippen molar-refractivity contribution < 1.29 is 0 Å². The predicted molar refractivity (Wildman–Crippen MR) is 55.2 cm³/mol. The quantitative estimate of drug-likeness (QED) is 0.704. The minimum atomic E-state index is -1.27. The highest BCUT2D eigenvalue weighted by atomic mass is 28.3. The van der Waals surface area contributed by atoms with Crippen LogP contribution in [0.25, 0.3) is 0 Å². The number of nitrogens with two attached hydrogens (primary N) is 1. The molecule has 0 fully saturated rings. The Balaban J connectivity index is 2.82. The molecule has 0 bridgehead atoms. The molecule has 66 valence electrons. The molecule has 3 heteroatoms. The summed E-state index contributed by atoms with van der Waals surface area (Å²) < 4.78 is 0. The van der Waals surface area contributed by atoms with E-state index < -0.39 is 8.07 Å². The Labute approximate surface area is 74.8 Å². The maximum Gasteiger partial charge on any atom is 0.0838 e. The molecule has 0 aromatic carbocycles. The van der Waals surface area contributed by atoms with Crippen molar-refractivity contribution in [3.05, 3.63) is 24.5 Å². The van der Waals surface area contributed by atoms with Gasteiger partial charge in [0.15, 0.2) is 0 Å². The fourth-order valence-electron chi connectivity index (χ4n) is 1.27. The maximum atomic E-state index is 5.57. The standard InChI is InChI=1S/C9H16N2Si/c1-12(2,7-5-10)9-4-3-6-11-8-9/h3-4,6,8H,5,7,10H2,1-2H3. The zero-order chi connectivity index (χ0) is 9.03. The van der Waals surface area contributed by atoms with Crippen LogP contribution < -0.4 is 10.9 Å². The first kappa shape index (κ1) is 9.42. The summed E-state index contributed by atoms with van der Waals surface area (Å²) in [6.07, 6.45) is 3.79.